The molecule has 0 aliphatic rings. The summed E-state index contributed by atoms with van der Waals surface area (Å²) in [4.78, 5) is 0. The summed E-state index contributed by atoms with van der Waals surface area (Å²) in [7, 11) is 0. The molecule has 0 aliphatic heterocycles. The Hall–Kier alpha value is 0.375. The fourth-order valence-corrected chi connectivity index (χ4v) is 1.89. The molecule has 1 N–H and O–H groups in total. The fraction of sp³-hybridized carbons (Fsp3) is 1.00. The van der Waals surface area contributed by atoms with Crippen LogP contribution in [0.3, 0.4) is 0 Å². The van der Waals surface area contributed by atoms with E-state index in [0.29, 0.717) is 0 Å². The largest absolute Gasteiger partial charge is 0.441 e. The van der Waals surface area contributed by atoms with Crippen LogP contribution in [0.5, 0.6) is 0 Å². The smallest absolute Gasteiger partial charge is 0.358 e. The lowest BCUT2D eigenvalue weighted by atomic mass is 9.91. The summed E-state index contributed by atoms with van der Waals surface area (Å²) in [5.74, 6) is 1.11. The van der Waals surface area contributed by atoms with Crippen LogP contribution in [0.4, 0.5) is 0 Å². The van der Waals surface area contributed by atoms with Crippen molar-refractivity contribution in [3.8, 4) is 0 Å². The SMILES string of the molecule is CCCCSB(O)CCCC. The lowest BCUT2D eigenvalue weighted by molar-refractivity contribution is 0.587. The van der Waals surface area contributed by atoms with Gasteiger partial charge in [0.15, 0.2) is 0 Å². The molecule has 0 saturated heterocycles. The summed E-state index contributed by atoms with van der Waals surface area (Å²) in [6, 6.07) is 0. The van der Waals surface area contributed by atoms with Crippen molar-refractivity contribution >= 4 is 17.8 Å². The number of hydrogen-bond acceptors (Lipinski definition) is 2. The monoisotopic (exact) mass is 174 g/mol. The second-order valence-electron chi connectivity index (χ2n) is 2.82. The normalized spacial score (nSPS) is 10.1. The molecule has 66 valence electrons. The van der Waals surface area contributed by atoms with Gasteiger partial charge in [0.25, 0.3) is 0 Å². The maximum Gasteiger partial charge on any atom is 0.358 e. The van der Waals surface area contributed by atoms with Crippen LogP contribution in [0.1, 0.15) is 39.5 Å². The summed E-state index contributed by atoms with van der Waals surface area (Å²) in [5, 5.41) is 9.37. The lowest BCUT2D eigenvalue weighted by Gasteiger charge is -2.03. The van der Waals surface area contributed by atoms with Crippen molar-refractivity contribution in [2.45, 2.75) is 45.9 Å². The molecule has 1 nitrogen and oxygen atoms in total. The van der Waals surface area contributed by atoms with E-state index in [1.54, 1.807) is 11.6 Å². The topological polar surface area (TPSA) is 20.2 Å². The summed E-state index contributed by atoms with van der Waals surface area (Å²) in [6.45, 7) is 4.34. The van der Waals surface area contributed by atoms with E-state index in [9.17, 15) is 5.02 Å². The van der Waals surface area contributed by atoms with Crippen LogP contribution < -0.4 is 0 Å². The molecule has 0 bridgehead atoms. The van der Waals surface area contributed by atoms with Crippen molar-refractivity contribution in [3.63, 3.8) is 0 Å². The van der Waals surface area contributed by atoms with E-state index in [0.717, 1.165) is 18.5 Å². The second kappa shape index (κ2) is 8.47. The zero-order chi connectivity index (χ0) is 8.53. The highest BCUT2D eigenvalue weighted by Crippen LogP contribution is 2.13. The Morgan fingerprint density at radius 1 is 1.18 bits per heavy atom. The summed E-state index contributed by atoms with van der Waals surface area (Å²) >= 11 is 1.70. The molecule has 0 saturated carbocycles. The Morgan fingerprint density at radius 3 is 2.36 bits per heavy atom. The minimum absolute atomic E-state index is 0.110. The van der Waals surface area contributed by atoms with Crippen molar-refractivity contribution in [3.05, 3.63) is 0 Å². The molecule has 0 aromatic carbocycles. The molecule has 0 radical (unpaired) electrons. The average Bonchev–Trinajstić information content (AvgIpc) is 2.01. The van der Waals surface area contributed by atoms with Crippen molar-refractivity contribution in [2.75, 3.05) is 5.75 Å². The van der Waals surface area contributed by atoms with Gasteiger partial charge in [-0.2, -0.15) is 11.6 Å². The van der Waals surface area contributed by atoms with Crippen LogP contribution in [-0.4, -0.2) is 17.0 Å². The van der Waals surface area contributed by atoms with Gasteiger partial charge in [-0.15, -0.1) is 0 Å². The molecular formula is C8H19BOS. The zero-order valence-electron chi connectivity index (χ0n) is 7.68. The minimum Gasteiger partial charge on any atom is -0.441 e. The maximum atomic E-state index is 9.37. The first-order valence-corrected chi connectivity index (χ1v) is 5.65. The van der Waals surface area contributed by atoms with Gasteiger partial charge >= 0.3 is 6.19 Å². The molecule has 0 fully saturated rings. The number of unbranched alkanes of at least 4 members (excludes halogenated alkanes) is 2. The molecular weight excluding hydrogens is 155 g/mol. The van der Waals surface area contributed by atoms with Crippen LogP contribution >= 0.6 is 11.6 Å². The van der Waals surface area contributed by atoms with Crippen LogP contribution in [-0.2, 0) is 0 Å². The number of rotatable bonds is 7. The standard InChI is InChI=1S/C8H19BOS/c1-3-5-7-9(10)11-8-6-4-2/h10H,3-8H2,1-2H3. The Labute approximate surface area is 75.0 Å². The summed E-state index contributed by atoms with van der Waals surface area (Å²) in [6.07, 6.45) is 5.65. The van der Waals surface area contributed by atoms with Gasteiger partial charge in [0.1, 0.15) is 0 Å². The van der Waals surface area contributed by atoms with E-state index < -0.39 is 0 Å². The third-order valence-electron chi connectivity index (χ3n) is 1.61. The van der Waals surface area contributed by atoms with E-state index in [1.165, 1.54) is 19.3 Å². The van der Waals surface area contributed by atoms with E-state index >= 15 is 0 Å². The van der Waals surface area contributed by atoms with Crippen LogP contribution in [0.25, 0.3) is 0 Å². The molecule has 0 aromatic rings. The minimum atomic E-state index is -0.110. The van der Waals surface area contributed by atoms with Gasteiger partial charge in [0, 0.05) is 0 Å². The van der Waals surface area contributed by atoms with E-state index in [-0.39, 0.29) is 6.19 Å². The predicted octanol–water partition coefficient (Wildman–Crippen LogP) is 2.80. The lowest BCUT2D eigenvalue weighted by Crippen LogP contribution is -2.06. The molecule has 0 unspecified atom stereocenters. The highest BCUT2D eigenvalue weighted by atomic mass is 32.2. The van der Waals surface area contributed by atoms with Crippen LogP contribution in [0, 0.1) is 0 Å². The van der Waals surface area contributed by atoms with E-state index in [1.807, 2.05) is 0 Å². The first-order valence-electron chi connectivity index (χ1n) is 4.61. The van der Waals surface area contributed by atoms with Crippen molar-refractivity contribution < 1.29 is 5.02 Å². The predicted molar refractivity (Wildman–Crippen MR) is 55.1 cm³/mol. The molecule has 0 atom stereocenters. The quantitative estimate of drug-likeness (QED) is 0.473. The molecule has 11 heavy (non-hydrogen) atoms. The van der Waals surface area contributed by atoms with Crippen LogP contribution in [0.2, 0.25) is 6.32 Å². The van der Waals surface area contributed by atoms with Crippen molar-refractivity contribution in [1.82, 2.24) is 0 Å². The summed E-state index contributed by atoms with van der Waals surface area (Å²) in [5.41, 5.74) is 0. The maximum absolute atomic E-state index is 9.37. The van der Waals surface area contributed by atoms with Gasteiger partial charge in [-0.25, -0.2) is 0 Å². The van der Waals surface area contributed by atoms with Gasteiger partial charge in [-0.05, 0) is 18.5 Å². The molecule has 0 spiro atoms. The van der Waals surface area contributed by atoms with E-state index in [2.05, 4.69) is 13.8 Å². The zero-order valence-corrected chi connectivity index (χ0v) is 8.49. The third-order valence-corrected chi connectivity index (χ3v) is 2.76. The highest BCUT2D eigenvalue weighted by molar-refractivity contribution is 8.24. The molecule has 0 aliphatic carbocycles. The van der Waals surface area contributed by atoms with E-state index in [4.69, 9.17) is 0 Å². The highest BCUT2D eigenvalue weighted by Gasteiger charge is 2.08. The number of hydrogen-bond donors (Lipinski definition) is 1. The second-order valence-corrected chi connectivity index (χ2v) is 4.11. The Kier molecular flexibility index (Phi) is 8.76. The van der Waals surface area contributed by atoms with Gasteiger partial charge in [0.2, 0.25) is 0 Å². The van der Waals surface area contributed by atoms with Crippen molar-refractivity contribution in [1.29, 1.82) is 0 Å². The van der Waals surface area contributed by atoms with Gasteiger partial charge < -0.3 is 5.02 Å². The molecule has 0 rings (SSSR count). The Morgan fingerprint density at radius 2 is 1.82 bits per heavy atom. The fourth-order valence-electron chi connectivity index (χ4n) is 0.826. The van der Waals surface area contributed by atoms with Gasteiger partial charge in [-0.1, -0.05) is 33.1 Å². The van der Waals surface area contributed by atoms with Gasteiger partial charge in [-0.3, -0.25) is 0 Å². The Balaban J connectivity index is 3.02. The van der Waals surface area contributed by atoms with Crippen molar-refractivity contribution in [2.24, 2.45) is 0 Å². The Bertz CT molecular complexity index is 80.5. The van der Waals surface area contributed by atoms with Crippen LogP contribution in [0.15, 0.2) is 0 Å². The first kappa shape index (κ1) is 11.4. The third kappa shape index (κ3) is 8.28. The average molecular weight is 174 g/mol. The molecule has 0 aromatic heterocycles. The van der Waals surface area contributed by atoms with Gasteiger partial charge in [0.05, 0.1) is 0 Å². The summed E-state index contributed by atoms with van der Waals surface area (Å²) < 4.78 is 0. The molecule has 0 amide bonds. The molecule has 3 heteroatoms. The first-order chi connectivity index (χ1) is 5.31. The molecule has 0 heterocycles.